The fourth-order valence-corrected chi connectivity index (χ4v) is 4.52. The number of nitrogens with one attached hydrogen (secondary N) is 1. The van der Waals surface area contributed by atoms with E-state index >= 15 is 0 Å². The van der Waals surface area contributed by atoms with Gasteiger partial charge in [0.15, 0.2) is 0 Å². The molecule has 1 N–H and O–H groups in total. The van der Waals surface area contributed by atoms with Crippen molar-refractivity contribution in [3.63, 3.8) is 0 Å². The zero-order chi connectivity index (χ0) is 14.7. The van der Waals surface area contributed by atoms with Crippen molar-refractivity contribution in [3.05, 3.63) is 30.5 Å². The van der Waals surface area contributed by atoms with Gasteiger partial charge in [0, 0.05) is 12.2 Å². The minimum Gasteiger partial charge on any atom is -0.344 e. The lowest BCUT2D eigenvalue weighted by atomic mass is 9.54. The van der Waals surface area contributed by atoms with Gasteiger partial charge < -0.3 is 4.57 Å². The number of hydrogen-bond acceptors (Lipinski definition) is 2. The third kappa shape index (κ3) is 2.24. The number of sulfonamides is 1. The van der Waals surface area contributed by atoms with Crippen molar-refractivity contribution < 1.29 is 8.42 Å². The first-order valence-electron chi connectivity index (χ1n) is 7.53. The van der Waals surface area contributed by atoms with Gasteiger partial charge >= 0.3 is 0 Å². The quantitative estimate of drug-likeness (QED) is 0.943. The van der Waals surface area contributed by atoms with Crippen molar-refractivity contribution in [2.75, 3.05) is 11.0 Å². The van der Waals surface area contributed by atoms with E-state index in [2.05, 4.69) is 21.6 Å². The Morgan fingerprint density at radius 1 is 1.24 bits per heavy atom. The van der Waals surface area contributed by atoms with E-state index in [-0.39, 0.29) is 0 Å². The summed E-state index contributed by atoms with van der Waals surface area (Å²) in [6.07, 6.45) is 10.1. The van der Waals surface area contributed by atoms with Crippen LogP contribution in [-0.2, 0) is 10.0 Å². The van der Waals surface area contributed by atoms with Gasteiger partial charge in [0.1, 0.15) is 0 Å². The second-order valence-corrected chi connectivity index (χ2v) is 8.53. The third-order valence-corrected chi connectivity index (χ3v) is 5.78. The van der Waals surface area contributed by atoms with E-state index in [0.29, 0.717) is 17.1 Å². The highest BCUT2D eigenvalue weighted by Gasteiger charge is 2.48. The lowest BCUT2D eigenvalue weighted by Gasteiger charge is -2.54. The molecule has 2 aliphatic rings. The minimum atomic E-state index is -3.23. The van der Waals surface area contributed by atoms with Crippen LogP contribution in [0.3, 0.4) is 0 Å². The van der Waals surface area contributed by atoms with Gasteiger partial charge in [0.2, 0.25) is 10.0 Å². The van der Waals surface area contributed by atoms with Gasteiger partial charge in [-0.05, 0) is 54.7 Å². The van der Waals surface area contributed by atoms with E-state index in [1.807, 2.05) is 18.2 Å². The number of anilines is 1. The highest BCUT2D eigenvalue weighted by Crippen LogP contribution is 2.60. The van der Waals surface area contributed by atoms with Crippen LogP contribution in [0, 0.1) is 5.41 Å². The Morgan fingerprint density at radius 2 is 2.00 bits per heavy atom. The summed E-state index contributed by atoms with van der Waals surface area (Å²) in [4.78, 5) is 0. The number of hydrogen-bond donors (Lipinski definition) is 1. The standard InChI is InChI=1S/C16H20N2O2S/c1-21(19,20)17-13-4-3-12-5-8-18(15(12)9-13)14-10-16(11-14)6-2-7-16/h3-5,8-9,14,17H,2,6-7,10-11H2,1H3. The SMILES string of the molecule is CS(=O)(=O)Nc1ccc2ccn(C3CC4(CCC4)C3)c2c1. The van der Waals surface area contributed by atoms with Gasteiger partial charge in [-0.1, -0.05) is 12.5 Å². The summed E-state index contributed by atoms with van der Waals surface area (Å²) in [6, 6.07) is 8.45. The van der Waals surface area contributed by atoms with Crippen LogP contribution in [0.4, 0.5) is 5.69 Å². The molecule has 21 heavy (non-hydrogen) atoms. The van der Waals surface area contributed by atoms with Crippen molar-refractivity contribution in [2.24, 2.45) is 5.41 Å². The molecule has 0 saturated heterocycles. The fraction of sp³-hybridized carbons (Fsp3) is 0.500. The number of benzene rings is 1. The number of fused-ring (bicyclic) bond motifs is 1. The van der Waals surface area contributed by atoms with Crippen molar-refractivity contribution in [2.45, 2.75) is 38.1 Å². The molecule has 1 aromatic heterocycles. The molecule has 0 aliphatic heterocycles. The molecule has 0 unspecified atom stereocenters. The Labute approximate surface area is 125 Å². The topological polar surface area (TPSA) is 51.1 Å². The summed E-state index contributed by atoms with van der Waals surface area (Å²) in [5, 5.41) is 1.17. The first-order chi connectivity index (χ1) is 9.94. The van der Waals surface area contributed by atoms with Crippen LogP contribution in [0.5, 0.6) is 0 Å². The molecule has 0 atom stereocenters. The Morgan fingerprint density at radius 3 is 2.62 bits per heavy atom. The highest BCUT2D eigenvalue weighted by atomic mass is 32.2. The second kappa shape index (κ2) is 4.26. The summed E-state index contributed by atoms with van der Waals surface area (Å²) in [6.45, 7) is 0. The molecule has 2 aromatic rings. The van der Waals surface area contributed by atoms with Crippen LogP contribution < -0.4 is 4.72 Å². The summed E-state index contributed by atoms with van der Waals surface area (Å²) in [7, 11) is -3.23. The molecule has 2 aliphatic carbocycles. The van der Waals surface area contributed by atoms with Crippen LogP contribution in [0.15, 0.2) is 30.5 Å². The zero-order valence-corrected chi connectivity index (χ0v) is 13.0. The van der Waals surface area contributed by atoms with E-state index in [0.717, 1.165) is 5.52 Å². The molecular formula is C16H20N2O2S. The molecule has 2 saturated carbocycles. The maximum atomic E-state index is 11.4. The summed E-state index contributed by atoms with van der Waals surface area (Å²) < 4.78 is 27.6. The van der Waals surface area contributed by atoms with Crippen molar-refractivity contribution in [1.82, 2.24) is 4.57 Å². The average Bonchev–Trinajstić information content (AvgIpc) is 2.67. The maximum absolute atomic E-state index is 11.4. The lowest BCUT2D eigenvalue weighted by Crippen LogP contribution is -2.43. The molecule has 112 valence electrons. The van der Waals surface area contributed by atoms with Gasteiger partial charge in [-0.3, -0.25) is 4.72 Å². The molecule has 0 amide bonds. The largest absolute Gasteiger partial charge is 0.344 e. The van der Waals surface area contributed by atoms with E-state index in [9.17, 15) is 8.42 Å². The Kier molecular flexibility index (Phi) is 2.67. The van der Waals surface area contributed by atoms with Crippen LogP contribution in [0.25, 0.3) is 10.9 Å². The zero-order valence-electron chi connectivity index (χ0n) is 12.2. The molecule has 1 aromatic carbocycles. The second-order valence-electron chi connectivity index (χ2n) is 6.79. The predicted octanol–water partition coefficient (Wildman–Crippen LogP) is 3.52. The molecule has 1 spiro atoms. The molecule has 4 nitrogen and oxygen atoms in total. The monoisotopic (exact) mass is 304 g/mol. The Bertz CT molecular complexity index is 795. The van der Waals surface area contributed by atoms with Gasteiger partial charge in [-0.2, -0.15) is 0 Å². The molecule has 0 bridgehead atoms. The van der Waals surface area contributed by atoms with Gasteiger partial charge in [-0.15, -0.1) is 0 Å². The molecule has 2 fully saturated rings. The van der Waals surface area contributed by atoms with E-state index in [4.69, 9.17) is 0 Å². The van der Waals surface area contributed by atoms with E-state index < -0.39 is 10.0 Å². The number of aromatic nitrogens is 1. The van der Waals surface area contributed by atoms with Crippen molar-refractivity contribution >= 4 is 26.6 Å². The first kappa shape index (κ1) is 13.2. The highest BCUT2D eigenvalue weighted by molar-refractivity contribution is 7.92. The van der Waals surface area contributed by atoms with Crippen molar-refractivity contribution in [1.29, 1.82) is 0 Å². The van der Waals surface area contributed by atoms with Gasteiger partial charge in [0.25, 0.3) is 0 Å². The summed E-state index contributed by atoms with van der Waals surface area (Å²) in [5.41, 5.74) is 2.41. The van der Waals surface area contributed by atoms with Crippen LogP contribution >= 0.6 is 0 Å². The van der Waals surface area contributed by atoms with Gasteiger partial charge in [0.05, 0.1) is 17.5 Å². The third-order valence-electron chi connectivity index (χ3n) is 5.17. The number of nitrogens with zero attached hydrogens (tertiary/aromatic N) is 1. The van der Waals surface area contributed by atoms with Gasteiger partial charge in [-0.25, -0.2) is 8.42 Å². The smallest absolute Gasteiger partial charge is 0.229 e. The van der Waals surface area contributed by atoms with Crippen LogP contribution in [0.1, 0.15) is 38.1 Å². The van der Waals surface area contributed by atoms with Crippen molar-refractivity contribution in [3.8, 4) is 0 Å². The molecular weight excluding hydrogens is 284 g/mol. The first-order valence-corrected chi connectivity index (χ1v) is 9.42. The predicted molar refractivity (Wildman–Crippen MR) is 85.0 cm³/mol. The van der Waals surface area contributed by atoms with E-state index in [1.165, 1.54) is 43.7 Å². The molecule has 0 radical (unpaired) electrons. The minimum absolute atomic E-state index is 0.580. The molecule has 1 heterocycles. The van der Waals surface area contributed by atoms with E-state index in [1.54, 1.807) is 0 Å². The Hall–Kier alpha value is -1.49. The van der Waals surface area contributed by atoms with Crippen LogP contribution in [-0.4, -0.2) is 19.2 Å². The Balaban J connectivity index is 1.65. The normalized spacial score (nSPS) is 21.2. The number of rotatable bonds is 3. The average molecular weight is 304 g/mol. The molecule has 5 heteroatoms. The summed E-state index contributed by atoms with van der Waals surface area (Å²) in [5.74, 6) is 0. The lowest BCUT2D eigenvalue weighted by molar-refractivity contribution is -0.0156. The fourth-order valence-electron chi connectivity index (χ4n) is 3.97. The summed E-state index contributed by atoms with van der Waals surface area (Å²) >= 11 is 0. The maximum Gasteiger partial charge on any atom is 0.229 e. The molecule has 4 rings (SSSR count). The van der Waals surface area contributed by atoms with Crippen LogP contribution in [0.2, 0.25) is 0 Å².